The SMILES string of the molecule is CC1CC(C)OC(N)O1. The summed E-state index contributed by atoms with van der Waals surface area (Å²) < 4.78 is 10.2. The van der Waals surface area contributed by atoms with Crippen molar-refractivity contribution < 1.29 is 9.47 Å². The van der Waals surface area contributed by atoms with Gasteiger partial charge in [0.2, 0.25) is 6.41 Å². The lowest BCUT2D eigenvalue weighted by Gasteiger charge is -2.29. The molecule has 0 amide bonds. The normalized spacial score (nSPS) is 45.0. The summed E-state index contributed by atoms with van der Waals surface area (Å²) in [4.78, 5) is 0. The first kappa shape index (κ1) is 6.99. The third-order valence-electron chi connectivity index (χ3n) is 1.40. The second-order valence-corrected chi connectivity index (χ2v) is 2.50. The molecule has 0 bridgehead atoms. The van der Waals surface area contributed by atoms with Gasteiger partial charge in [-0.15, -0.1) is 0 Å². The Kier molecular flexibility index (Phi) is 2.05. The van der Waals surface area contributed by atoms with Crippen LogP contribution in [-0.4, -0.2) is 18.6 Å². The quantitative estimate of drug-likeness (QED) is 0.519. The molecule has 0 aromatic carbocycles. The van der Waals surface area contributed by atoms with E-state index in [2.05, 4.69) is 0 Å². The molecule has 1 aliphatic heterocycles. The van der Waals surface area contributed by atoms with Crippen LogP contribution in [0.15, 0.2) is 0 Å². The van der Waals surface area contributed by atoms with E-state index in [4.69, 9.17) is 15.2 Å². The first-order valence-corrected chi connectivity index (χ1v) is 3.25. The Morgan fingerprint density at radius 2 is 1.67 bits per heavy atom. The van der Waals surface area contributed by atoms with Gasteiger partial charge in [0.25, 0.3) is 0 Å². The molecule has 0 saturated carbocycles. The molecule has 0 aliphatic carbocycles. The molecular formula is C6H13NO2. The van der Waals surface area contributed by atoms with Gasteiger partial charge in [0, 0.05) is 0 Å². The lowest BCUT2D eigenvalue weighted by atomic mass is 10.2. The zero-order chi connectivity index (χ0) is 6.85. The molecule has 54 valence electrons. The Morgan fingerprint density at radius 3 is 2.00 bits per heavy atom. The molecule has 0 aromatic rings. The van der Waals surface area contributed by atoms with Crippen LogP contribution in [-0.2, 0) is 9.47 Å². The minimum atomic E-state index is -0.510. The highest BCUT2D eigenvalue weighted by Crippen LogP contribution is 2.14. The molecule has 1 aliphatic rings. The van der Waals surface area contributed by atoms with Crippen LogP contribution >= 0.6 is 0 Å². The van der Waals surface area contributed by atoms with Gasteiger partial charge in [0.15, 0.2) is 0 Å². The van der Waals surface area contributed by atoms with E-state index in [0.717, 1.165) is 6.42 Å². The van der Waals surface area contributed by atoms with Crippen LogP contribution in [0, 0.1) is 0 Å². The Balaban J connectivity index is 2.34. The van der Waals surface area contributed by atoms with Crippen LogP contribution in [0.2, 0.25) is 0 Å². The van der Waals surface area contributed by atoms with Crippen molar-refractivity contribution in [1.82, 2.24) is 0 Å². The monoisotopic (exact) mass is 131 g/mol. The molecule has 9 heavy (non-hydrogen) atoms. The van der Waals surface area contributed by atoms with E-state index in [1.165, 1.54) is 0 Å². The maximum absolute atomic E-state index is 5.37. The minimum absolute atomic E-state index is 0.240. The lowest BCUT2D eigenvalue weighted by molar-refractivity contribution is -0.230. The summed E-state index contributed by atoms with van der Waals surface area (Å²) in [6.45, 7) is 4.00. The van der Waals surface area contributed by atoms with Gasteiger partial charge in [0.05, 0.1) is 12.2 Å². The van der Waals surface area contributed by atoms with Crippen molar-refractivity contribution >= 4 is 0 Å². The molecule has 3 heteroatoms. The fraction of sp³-hybridized carbons (Fsp3) is 1.00. The summed E-state index contributed by atoms with van der Waals surface area (Å²) in [5, 5.41) is 0. The molecule has 2 unspecified atom stereocenters. The summed E-state index contributed by atoms with van der Waals surface area (Å²) in [5.74, 6) is 0. The Labute approximate surface area is 55.1 Å². The fourth-order valence-electron chi connectivity index (χ4n) is 1.07. The van der Waals surface area contributed by atoms with Crippen LogP contribution in [0.3, 0.4) is 0 Å². The molecule has 0 spiro atoms. The van der Waals surface area contributed by atoms with Gasteiger partial charge in [0.1, 0.15) is 0 Å². The largest absolute Gasteiger partial charge is 0.337 e. The van der Waals surface area contributed by atoms with Crippen LogP contribution in [0.5, 0.6) is 0 Å². The topological polar surface area (TPSA) is 44.5 Å². The first-order valence-electron chi connectivity index (χ1n) is 3.25. The zero-order valence-corrected chi connectivity index (χ0v) is 5.83. The summed E-state index contributed by atoms with van der Waals surface area (Å²) in [6, 6.07) is 0. The van der Waals surface area contributed by atoms with E-state index in [9.17, 15) is 0 Å². The molecule has 1 heterocycles. The van der Waals surface area contributed by atoms with Crippen molar-refractivity contribution in [3.8, 4) is 0 Å². The second kappa shape index (κ2) is 2.64. The summed E-state index contributed by atoms with van der Waals surface area (Å²) in [7, 11) is 0. The highest BCUT2D eigenvalue weighted by molar-refractivity contribution is 4.62. The predicted octanol–water partition coefficient (Wildman–Crippen LogP) is 0.443. The van der Waals surface area contributed by atoms with Gasteiger partial charge in [-0.2, -0.15) is 0 Å². The predicted molar refractivity (Wildman–Crippen MR) is 33.7 cm³/mol. The van der Waals surface area contributed by atoms with E-state index >= 15 is 0 Å². The van der Waals surface area contributed by atoms with Crippen LogP contribution in [0.4, 0.5) is 0 Å². The molecule has 3 nitrogen and oxygen atoms in total. The van der Waals surface area contributed by atoms with Gasteiger partial charge in [-0.05, 0) is 20.3 Å². The molecule has 2 N–H and O–H groups in total. The van der Waals surface area contributed by atoms with E-state index in [-0.39, 0.29) is 12.2 Å². The number of nitrogens with two attached hydrogens (primary N) is 1. The second-order valence-electron chi connectivity index (χ2n) is 2.50. The summed E-state index contributed by atoms with van der Waals surface area (Å²) in [5.41, 5.74) is 5.37. The third-order valence-corrected chi connectivity index (χ3v) is 1.40. The first-order chi connectivity index (χ1) is 4.18. The molecule has 1 fully saturated rings. The standard InChI is InChI=1S/C6H13NO2/c1-4-3-5(2)9-6(7)8-4/h4-6H,3,7H2,1-2H3. The Bertz CT molecular complexity index is 72.0. The van der Waals surface area contributed by atoms with E-state index in [1.807, 2.05) is 13.8 Å². The summed E-state index contributed by atoms with van der Waals surface area (Å²) in [6.07, 6.45) is 0.907. The molecule has 2 atom stereocenters. The van der Waals surface area contributed by atoms with Gasteiger partial charge in [-0.25, -0.2) is 0 Å². The van der Waals surface area contributed by atoms with Gasteiger partial charge in [-0.1, -0.05) is 0 Å². The molecule has 0 aromatic heterocycles. The van der Waals surface area contributed by atoms with Crippen molar-refractivity contribution in [3.63, 3.8) is 0 Å². The highest BCUT2D eigenvalue weighted by atomic mass is 16.7. The molecule has 1 saturated heterocycles. The molecular weight excluding hydrogens is 118 g/mol. The van der Waals surface area contributed by atoms with Gasteiger partial charge >= 0.3 is 0 Å². The van der Waals surface area contributed by atoms with Crippen molar-refractivity contribution in [3.05, 3.63) is 0 Å². The smallest absolute Gasteiger partial charge is 0.213 e. The Hall–Kier alpha value is -0.120. The lowest BCUT2D eigenvalue weighted by Crippen LogP contribution is -2.40. The van der Waals surface area contributed by atoms with E-state index in [1.54, 1.807) is 0 Å². The van der Waals surface area contributed by atoms with Crippen LogP contribution in [0.1, 0.15) is 20.3 Å². The third kappa shape index (κ3) is 1.93. The number of hydrogen-bond donors (Lipinski definition) is 1. The average molecular weight is 131 g/mol. The highest BCUT2D eigenvalue weighted by Gasteiger charge is 2.21. The van der Waals surface area contributed by atoms with Crippen LogP contribution in [0.25, 0.3) is 0 Å². The number of rotatable bonds is 0. The fourth-order valence-corrected chi connectivity index (χ4v) is 1.07. The number of ether oxygens (including phenoxy) is 2. The maximum Gasteiger partial charge on any atom is 0.213 e. The van der Waals surface area contributed by atoms with E-state index in [0.29, 0.717) is 0 Å². The van der Waals surface area contributed by atoms with Crippen molar-refractivity contribution in [1.29, 1.82) is 0 Å². The molecule has 0 radical (unpaired) electrons. The van der Waals surface area contributed by atoms with Crippen molar-refractivity contribution in [2.45, 2.75) is 38.9 Å². The number of hydrogen-bond acceptors (Lipinski definition) is 3. The van der Waals surface area contributed by atoms with Gasteiger partial charge in [-0.3, -0.25) is 5.73 Å². The minimum Gasteiger partial charge on any atom is -0.337 e. The van der Waals surface area contributed by atoms with Gasteiger partial charge < -0.3 is 9.47 Å². The molecule has 1 rings (SSSR count). The summed E-state index contributed by atoms with van der Waals surface area (Å²) >= 11 is 0. The maximum atomic E-state index is 5.37. The zero-order valence-electron chi connectivity index (χ0n) is 5.83. The Morgan fingerprint density at radius 1 is 1.22 bits per heavy atom. The van der Waals surface area contributed by atoms with Crippen LogP contribution < -0.4 is 5.73 Å². The van der Waals surface area contributed by atoms with Crippen molar-refractivity contribution in [2.75, 3.05) is 0 Å². The average Bonchev–Trinajstić information content (AvgIpc) is 1.59. The van der Waals surface area contributed by atoms with E-state index < -0.39 is 6.41 Å². The van der Waals surface area contributed by atoms with Crippen molar-refractivity contribution in [2.24, 2.45) is 5.73 Å².